The molecule has 3 fully saturated rings. The SMILES string of the molecule is C1CCC(OCC2CCC(CNC3CC3)O2)C1. The predicted molar refractivity (Wildman–Crippen MR) is 67.1 cm³/mol. The van der Waals surface area contributed by atoms with Crippen molar-refractivity contribution in [2.24, 2.45) is 0 Å². The second-order valence-electron chi connectivity index (χ2n) is 5.88. The monoisotopic (exact) mass is 239 g/mol. The molecule has 3 heteroatoms. The van der Waals surface area contributed by atoms with E-state index in [0.29, 0.717) is 18.3 Å². The maximum Gasteiger partial charge on any atom is 0.0814 e. The van der Waals surface area contributed by atoms with E-state index < -0.39 is 0 Å². The molecule has 17 heavy (non-hydrogen) atoms. The summed E-state index contributed by atoms with van der Waals surface area (Å²) in [5, 5.41) is 3.55. The standard InChI is InChI=1S/C14H25NO2/c1-2-4-12(3-1)16-10-14-8-7-13(17-14)9-15-11-5-6-11/h11-15H,1-10H2. The molecular weight excluding hydrogens is 214 g/mol. The van der Waals surface area contributed by atoms with Crippen LogP contribution in [0, 0.1) is 0 Å². The van der Waals surface area contributed by atoms with Gasteiger partial charge in [0.2, 0.25) is 0 Å². The second-order valence-corrected chi connectivity index (χ2v) is 5.88. The predicted octanol–water partition coefficient (Wildman–Crippen LogP) is 2.25. The number of hydrogen-bond acceptors (Lipinski definition) is 3. The van der Waals surface area contributed by atoms with Crippen molar-refractivity contribution < 1.29 is 9.47 Å². The molecule has 2 unspecified atom stereocenters. The molecule has 0 radical (unpaired) electrons. The van der Waals surface area contributed by atoms with Gasteiger partial charge >= 0.3 is 0 Å². The van der Waals surface area contributed by atoms with E-state index in [4.69, 9.17) is 9.47 Å². The molecule has 1 N–H and O–H groups in total. The Labute approximate surface area is 104 Å². The Morgan fingerprint density at radius 3 is 2.47 bits per heavy atom. The lowest BCUT2D eigenvalue weighted by molar-refractivity contribution is -0.0389. The van der Waals surface area contributed by atoms with Crippen molar-refractivity contribution in [1.29, 1.82) is 0 Å². The molecule has 2 aliphatic carbocycles. The lowest BCUT2D eigenvalue weighted by Gasteiger charge is -2.17. The quantitative estimate of drug-likeness (QED) is 0.771. The van der Waals surface area contributed by atoms with Crippen LogP contribution in [0.2, 0.25) is 0 Å². The number of ether oxygens (including phenoxy) is 2. The molecule has 0 amide bonds. The van der Waals surface area contributed by atoms with Gasteiger partial charge in [0.25, 0.3) is 0 Å². The lowest BCUT2D eigenvalue weighted by atomic mass is 10.2. The summed E-state index contributed by atoms with van der Waals surface area (Å²) in [6, 6.07) is 0.799. The third-order valence-corrected chi connectivity index (χ3v) is 4.23. The molecule has 0 spiro atoms. The topological polar surface area (TPSA) is 30.5 Å². The molecule has 3 aliphatic rings. The fourth-order valence-corrected chi connectivity index (χ4v) is 2.94. The van der Waals surface area contributed by atoms with Gasteiger partial charge in [-0.2, -0.15) is 0 Å². The smallest absolute Gasteiger partial charge is 0.0814 e. The lowest BCUT2D eigenvalue weighted by Crippen LogP contribution is -2.29. The minimum Gasteiger partial charge on any atom is -0.376 e. The van der Waals surface area contributed by atoms with Crippen molar-refractivity contribution in [3.05, 3.63) is 0 Å². The highest BCUT2D eigenvalue weighted by Crippen LogP contribution is 2.25. The number of hydrogen-bond donors (Lipinski definition) is 1. The van der Waals surface area contributed by atoms with Gasteiger partial charge in [0, 0.05) is 12.6 Å². The molecule has 0 aromatic heterocycles. The van der Waals surface area contributed by atoms with E-state index in [0.717, 1.165) is 19.2 Å². The molecule has 3 nitrogen and oxygen atoms in total. The average Bonchev–Trinajstić information content (AvgIpc) is 2.86. The molecule has 1 aliphatic heterocycles. The van der Waals surface area contributed by atoms with Crippen LogP contribution in [-0.4, -0.2) is 37.5 Å². The molecular formula is C14H25NO2. The Balaban J connectivity index is 1.29. The first-order valence-corrected chi connectivity index (χ1v) is 7.40. The van der Waals surface area contributed by atoms with Crippen molar-refractivity contribution in [2.45, 2.75) is 75.7 Å². The highest BCUT2D eigenvalue weighted by atomic mass is 16.5. The fraction of sp³-hybridized carbons (Fsp3) is 1.00. The Kier molecular flexibility index (Phi) is 3.99. The van der Waals surface area contributed by atoms with E-state index in [9.17, 15) is 0 Å². The van der Waals surface area contributed by atoms with E-state index in [2.05, 4.69) is 5.32 Å². The third-order valence-electron chi connectivity index (χ3n) is 4.23. The summed E-state index contributed by atoms with van der Waals surface area (Å²) in [6.07, 6.45) is 11.7. The first kappa shape index (κ1) is 11.9. The molecule has 3 rings (SSSR count). The van der Waals surface area contributed by atoms with Gasteiger partial charge < -0.3 is 14.8 Å². The number of rotatable bonds is 6. The minimum atomic E-state index is 0.363. The largest absolute Gasteiger partial charge is 0.376 e. The van der Waals surface area contributed by atoms with Crippen LogP contribution in [0.1, 0.15) is 51.4 Å². The zero-order valence-corrected chi connectivity index (χ0v) is 10.7. The Morgan fingerprint density at radius 2 is 1.71 bits per heavy atom. The van der Waals surface area contributed by atoms with Crippen LogP contribution in [0.4, 0.5) is 0 Å². The summed E-state index contributed by atoms with van der Waals surface area (Å²) in [5.41, 5.74) is 0. The average molecular weight is 239 g/mol. The molecule has 98 valence electrons. The first-order chi connectivity index (χ1) is 8.40. The van der Waals surface area contributed by atoms with Crippen molar-refractivity contribution in [2.75, 3.05) is 13.2 Å². The molecule has 0 aromatic carbocycles. The van der Waals surface area contributed by atoms with Crippen LogP contribution >= 0.6 is 0 Å². The van der Waals surface area contributed by atoms with Crippen LogP contribution in [0.5, 0.6) is 0 Å². The van der Waals surface area contributed by atoms with E-state index in [1.807, 2.05) is 0 Å². The maximum absolute atomic E-state index is 6.01. The highest BCUT2D eigenvalue weighted by molar-refractivity contribution is 4.84. The zero-order chi connectivity index (χ0) is 11.5. The van der Waals surface area contributed by atoms with Crippen LogP contribution in [0.3, 0.4) is 0 Å². The second kappa shape index (κ2) is 5.68. The van der Waals surface area contributed by atoms with Crippen LogP contribution < -0.4 is 5.32 Å². The van der Waals surface area contributed by atoms with Crippen LogP contribution in [0.25, 0.3) is 0 Å². The summed E-state index contributed by atoms with van der Waals surface area (Å²) in [4.78, 5) is 0. The highest BCUT2D eigenvalue weighted by Gasteiger charge is 2.28. The minimum absolute atomic E-state index is 0.363. The van der Waals surface area contributed by atoms with Crippen molar-refractivity contribution in [1.82, 2.24) is 5.32 Å². The molecule has 2 atom stereocenters. The van der Waals surface area contributed by atoms with Crippen molar-refractivity contribution >= 4 is 0 Å². The van der Waals surface area contributed by atoms with E-state index in [1.165, 1.54) is 51.4 Å². The van der Waals surface area contributed by atoms with Crippen molar-refractivity contribution in [3.8, 4) is 0 Å². The Morgan fingerprint density at radius 1 is 0.941 bits per heavy atom. The number of nitrogens with one attached hydrogen (secondary N) is 1. The molecule has 2 saturated carbocycles. The van der Waals surface area contributed by atoms with Gasteiger partial charge in [0.1, 0.15) is 0 Å². The summed E-state index contributed by atoms with van der Waals surface area (Å²) in [5.74, 6) is 0. The molecule has 0 aromatic rings. The van der Waals surface area contributed by atoms with E-state index in [-0.39, 0.29) is 0 Å². The van der Waals surface area contributed by atoms with E-state index in [1.54, 1.807) is 0 Å². The summed E-state index contributed by atoms with van der Waals surface area (Å²) >= 11 is 0. The van der Waals surface area contributed by atoms with Gasteiger partial charge in [-0.3, -0.25) is 0 Å². The summed E-state index contributed by atoms with van der Waals surface area (Å²) in [6.45, 7) is 1.87. The Hall–Kier alpha value is -0.120. The van der Waals surface area contributed by atoms with Gasteiger partial charge in [0.05, 0.1) is 24.9 Å². The summed E-state index contributed by atoms with van der Waals surface area (Å²) in [7, 11) is 0. The normalized spacial score (nSPS) is 34.6. The summed E-state index contributed by atoms with van der Waals surface area (Å²) < 4.78 is 11.9. The zero-order valence-electron chi connectivity index (χ0n) is 10.7. The van der Waals surface area contributed by atoms with Gasteiger partial charge in [0.15, 0.2) is 0 Å². The Bertz CT molecular complexity index is 236. The van der Waals surface area contributed by atoms with Gasteiger partial charge in [-0.15, -0.1) is 0 Å². The van der Waals surface area contributed by atoms with E-state index >= 15 is 0 Å². The van der Waals surface area contributed by atoms with Crippen LogP contribution in [0.15, 0.2) is 0 Å². The van der Waals surface area contributed by atoms with Gasteiger partial charge in [-0.25, -0.2) is 0 Å². The van der Waals surface area contributed by atoms with Gasteiger partial charge in [-0.05, 0) is 38.5 Å². The fourth-order valence-electron chi connectivity index (χ4n) is 2.94. The molecule has 1 saturated heterocycles. The first-order valence-electron chi connectivity index (χ1n) is 7.40. The third kappa shape index (κ3) is 3.67. The van der Waals surface area contributed by atoms with Crippen LogP contribution in [-0.2, 0) is 9.47 Å². The van der Waals surface area contributed by atoms with Crippen molar-refractivity contribution in [3.63, 3.8) is 0 Å². The maximum atomic E-state index is 6.01. The molecule has 1 heterocycles. The molecule has 0 bridgehead atoms. The van der Waals surface area contributed by atoms with Gasteiger partial charge in [-0.1, -0.05) is 12.8 Å².